The number of carbonyl (C=O) groups excluding carboxylic acids is 5. The van der Waals surface area contributed by atoms with E-state index < -0.39 is 66.5 Å². The lowest BCUT2D eigenvalue weighted by molar-refractivity contribution is -0.176. The maximum absolute atomic E-state index is 13.4. The number of cyclic esters (lactones) is 2. The van der Waals surface area contributed by atoms with E-state index in [0.29, 0.717) is 0 Å². The average Bonchev–Trinajstić information content (AvgIpc) is 3.02. The quantitative estimate of drug-likeness (QED) is 0.295. The first-order chi connectivity index (χ1) is 20.5. The Morgan fingerprint density at radius 2 is 1.79 bits per heavy atom. The van der Waals surface area contributed by atoms with Gasteiger partial charge in [0.25, 0.3) is 5.91 Å². The lowest BCUT2D eigenvalue weighted by Crippen LogP contribution is -2.47. The Kier molecular flexibility index (Phi) is 12.0. The van der Waals surface area contributed by atoms with Crippen LogP contribution in [-0.4, -0.2) is 80.5 Å². The molecule has 1 saturated heterocycles. The molecule has 0 spiro atoms. The highest BCUT2D eigenvalue weighted by Gasteiger charge is 2.42. The minimum absolute atomic E-state index is 0.0431. The number of carbonyl (C=O) groups is 5. The predicted molar refractivity (Wildman–Crippen MR) is 149 cm³/mol. The van der Waals surface area contributed by atoms with Crippen molar-refractivity contribution in [2.45, 2.75) is 51.9 Å². The maximum atomic E-state index is 13.4. The molecule has 232 valence electrons. The van der Waals surface area contributed by atoms with E-state index in [2.05, 4.69) is 10.3 Å². The molecule has 0 radical (unpaired) electrons. The molecule has 13 heteroatoms. The molecule has 1 aliphatic rings. The van der Waals surface area contributed by atoms with Crippen molar-refractivity contribution in [3.8, 4) is 11.5 Å². The zero-order valence-corrected chi connectivity index (χ0v) is 24.7. The van der Waals surface area contributed by atoms with Crippen LogP contribution in [-0.2, 0) is 44.5 Å². The molecule has 4 unspecified atom stereocenters. The van der Waals surface area contributed by atoms with Crippen molar-refractivity contribution in [3.63, 3.8) is 0 Å². The number of amides is 1. The average molecular weight is 601 g/mol. The SMILES string of the molecule is COCCC(=O)Oc1c(OC)ccnc1C(=O)NC1COC(=O)C(Cc2ccccc2)C(OC(=O)C(C)C)C(C)OC1=O. The predicted octanol–water partition coefficient (Wildman–Crippen LogP) is 2.05. The number of aromatic nitrogens is 1. The van der Waals surface area contributed by atoms with Crippen LogP contribution in [0.15, 0.2) is 42.6 Å². The van der Waals surface area contributed by atoms with Crippen molar-refractivity contribution in [2.24, 2.45) is 11.8 Å². The molecule has 0 aliphatic carbocycles. The van der Waals surface area contributed by atoms with E-state index in [0.717, 1.165) is 5.56 Å². The molecule has 3 rings (SSSR count). The molecule has 1 amide bonds. The van der Waals surface area contributed by atoms with Gasteiger partial charge in [-0.15, -0.1) is 0 Å². The summed E-state index contributed by atoms with van der Waals surface area (Å²) in [5.41, 5.74) is 0.414. The van der Waals surface area contributed by atoms with Crippen LogP contribution >= 0.6 is 0 Å². The summed E-state index contributed by atoms with van der Waals surface area (Å²) in [4.78, 5) is 68.8. The largest absolute Gasteiger partial charge is 0.493 e. The Morgan fingerprint density at radius 3 is 2.44 bits per heavy atom. The third-order valence-corrected chi connectivity index (χ3v) is 6.50. The van der Waals surface area contributed by atoms with Crippen LogP contribution < -0.4 is 14.8 Å². The topological polar surface area (TPSA) is 166 Å². The second-order valence-electron chi connectivity index (χ2n) is 10.1. The summed E-state index contributed by atoms with van der Waals surface area (Å²) in [6.07, 6.45) is -0.961. The van der Waals surface area contributed by atoms with E-state index in [1.54, 1.807) is 26.0 Å². The number of rotatable bonds is 11. The Balaban J connectivity index is 1.88. The molecule has 2 aromatic rings. The summed E-state index contributed by atoms with van der Waals surface area (Å²) in [7, 11) is 2.73. The van der Waals surface area contributed by atoms with Gasteiger partial charge in [0.2, 0.25) is 5.75 Å². The zero-order valence-electron chi connectivity index (χ0n) is 24.7. The van der Waals surface area contributed by atoms with Gasteiger partial charge in [0.05, 0.1) is 26.1 Å². The number of ether oxygens (including phenoxy) is 6. The molecular weight excluding hydrogens is 564 g/mol. The highest BCUT2D eigenvalue weighted by molar-refractivity contribution is 5.99. The number of nitrogens with one attached hydrogen (secondary N) is 1. The van der Waals surface area contributed by atoms with Crippen molar-refractivity contribution in [3.05, 3.63) is 53.9 Å². The second-order valence-corrected chi connectivity index (χ2v) is 10.1. The van der Waals surface area contributed by atoms with Crippen molar-refractivity contribution in [2.75, 3.05) is 27.4 Å². The van der Waals surface area contributed by atoms with Crippen LogP contribution in [0.2, 0.25) is 0 Å². The highest BCUT2D eigenvalue weighted by atomic mass is 16.6. The number of nitrogens with zero attached hydrogens (tertiary/aromatic N) is 1. The van der Waals surface area contributed by atoms with Crippen molar-refractivity contribution in [1.82, 2.24) is 10.3 Å². The first-order valence-corrected chi connectivity index (χ1v) is 13.7. The van der Waals surface area contributed by atoms with Gasteiger partial charge in [-0.3, -0.25) is 19.2 Å². The van der Waals surface area contributed by atoms with Gasteiger partial charge in [0, 0.05) is 19.4 Å². The molecule has 1 aromatic carbocycles. The molecule has 43 heavy (non-hydrogen) atoms. The standard InChI is InChI=1S/C30H36N2O11/c1-17(2)28(35)43-25-18(3)41-30(37)21(16-40-29(36)20(25)15-19-9-7-6-8-10-19)32-27(34)24-26(22(39-5)11-13-31-24)42-23(33)12-14-38-4/h6-11,13,17-18,20-21,25H,12,14-16H2,1-5H3,(H,32,34). The molecule has 0 bridgehead atoms. The molecule has 1 fully saturated rings. The molecule has 4 atom stereocenters. The van der Waals surface area contributed by atoms with Crippen LogP contribution in [0.25, 0.3) is 0 Å². The fourth-order valence-electron chi connectivity index (χ4n) is 4.18. The number of hydrogen-bond acceptors (Lipinski definition) is 12. The lowest BCUT2D eigenvalue weighted by atomic mass is 9.91. The molecular formula is C30H36N2O11. The zero-order chi connectivity index (χ0) is 31.5. The molecule has 1 aliphatic heterocycles. The monoisotopic (exact) mass is 600 g/mol. The van der Waals surface area contributed by atoms with E-state index in [9.17, 15) is 24.0 Å². The van der Waals surface area contributed by atoms with Crippen molar-refractivity contribution in [1.29, 1.82) is 0 Å². The Bertz CT molecular complexity index is 1300. The highest BCUT2D eigenvalue weighted by Crippen LogP contribution is 2.30. The van der Waals surface area contributed by atoms with E-state index in [-0.39, 0.29) is 36.6 Å². The van der Waals surface area contributed by atoms with E-state index >= 15 is 0 Å². The van der Waals surface area contributed by atoms with Gasteiger partial charge >= 0.3 is 23.9 Å². The van der Waals surface area contributed by atoms with E-state index in [1.165, 1.54) is 33.4 Å². The van der Waals surface area contributed by atoms with Gasteiger partial charge in [-0.2, -0.15) is 0 Å². The van der Waals surface area contributed by atoms with Gasteiger partial charge in [-0.05, 0) is 18.9 Å². The number of esters is 4. The second kappa shape index (κ2) is 15.6. The lowest BCUT2D eigenvalue weighted by Gasteiger charge is -2.29. The molecule has 0 saturated carbocycles. The third-order valence-electron chi connectivity index (χ3n) is 6.50. The first kappa shape index (κ1) is 33.0. The maximum Gasteiger partial charge on any atom is 0.332 e. The van der Waals surface area contributed by atoms with Crippen molar-refractivity contribution < 1.29 is 52.4 Å². The summed E-state index contributed by atoms with van der Waals surface area (Å²) in [6, 6.07) is 8.96. The minimum atomic E-state index is -1.47. The minimum Gasteiger partial charge on any atom is -0.493 e. The third kappa shape index (κ3) is 8.98. The smallest absolute Gasteiger partial charge is 0.332 e. The van der Waals surface area contributed by atoms with Gasteiger partial charge in [-0.25, -0.2) is 9.78 Å². The number of pyridine rings is 1. The van der Waals surface area contributed by atoms with E-state index in [1.807, 2.05) is 18.2 Å². The molecule has 13 nitrogen and oxygen atoms in total. The summed E-state index contributed by atoms with van der Waals surface area (Å²) >= 11 is 0. The fourth-order valence-corrected chi connectivity index (χ4v) is 4.18. The Hall–Kier alpha value is -4.52. The van der Waals surface area contributed by atoms with Crippen LogP contribution in [0.5, 0.6) is 11.5 Å². The molecule has 2 heterocycles. The first-order valence-electron chi connectivity index (χ1n) is 13.7. The number of hydrogen-bond donors (Lipinski definition) is 1. The molecule has 1 N–H and O–H groups in total. The summed E-state index contributed by atoms with van der Waals surface area (Å²) in [6.45, 7) is 4.27. The summed E-state index contributed by atoms with van der Waals surface area (Å²) in [5.74, 6) is -5.66. The number of methoxy groups -OCH3 is 2. The van der Waals surface area contributed by atoms with Gasteiger partial charge in [0.15, 0.2) is 23.6 Å². The Morgan fingerprint density at radius 1 is 1.07 bits per heavy atom. The number of benzene rings is 1. The van der Waals surface area contributed by atoms with Gasteiger partial charge < -0.3 is 33.7 Å². The summed E-state index contributed by atoms with van der Waals surface area (Å²) in [5, 5.41) is 2.44. The van der Waals surface area contributed by atoms with Crippen LogP contribution in [0, 0.1) is 11.8 Å². The molecule has 1 aromatic heterocycles. The van der Waals surface area contributed by atoms with Crippen LogP contribution in [0.4, 0.5) is 0 Å². The Labute approximate surface area is 249 Å². The van der Waals surface area contributed by atoms with Crippen LogP contribution in [0.3, 0.4) is 0 Å². The van der Waals surface area contributed by atoms with Crippen molar-refractivity contribution >= 4 is 29.8 Å². The normalized spacial score (nSPS) is 20.5. The van der Waals surface area contributed by atoms with Gasteiger partial charge in [-0.1, -0.05) is 44.2 Å². The fraction of sp³-hybridized carbons (Fsp3) is 0.467. The van der Waals surface area contributed by atoms with Crippen LogP contribution in [0.1, 0.15) is 43.2 Å². The summed E-state index contributed by atoms with van der Waals surface area (Å²) < 4.78 is 32.2. The van der Waals surface area contributed by atoms with Gasteiger partial charge in [0.1, 0.15) is 18.6 Å². The van der Waals surface area contributed by atoms with E-state index in [4.69, 9.17) is 28.4 Å².